The third-order valence-corrected chi connectivity index (χ3v) is 2.04. The Morgan fingerprint density at radius 2 is 1.75 bits per heavy atom. The summed E-state index contributed by atoms with van der Waals surface area (Å²) in [7, 11) is 0. The molecule has 0 amide bonds. The lowest BCUT2D eigenvalue weighted by Gasteiger charge is -2.07. The first-order valence-corrected chi connectivity index (χ1v) is 4.43. The van der Waals surface area contributed by atoms with Crippen molar-refractivity contribution in [2.45, 2.75) is 13.1 Å². The highest BCUT2D eigenvalue weighted by molar-refractivity contribution is 6.15. The highest BCUT2D eigenvalue weighted by Gasteiger charge is 2.30. The van der Waals surface area contributed by atoms with Gasteiger partial charge in [-0.3, -0.25) is 0 Å². The number of hydrogen-bond acceptors (Lipinski definition) is 1. The van der Waals surface area contributed by atoms with Crippen molar-refractivity contribution in [3.63, 3.8) is 0 Å². The van der Waals surface area contributed by atoms with Gasteiger partial charge in [-0.15, -0.1) is 0 Å². The maximum Gasteiger partial charge on any atom is 0.416 e. The maximum absolute atomic E-state index is 12.2. The molecule has 0 bridgehead atoms. The minimum Gasteiger partial charge on any atom is -0.478 e. The molecule has 0 saturated heterocycles. The normalized spacial score (nSPS) is 12.6. The Balaban J connectivity index is 3.09. The SMILES string of the molecule is CC=C(C(=O)O)c1ccc(C(F)(F)F)cc1. The largest absolute Gasteiger partial charge is 0.478 e. The lowest BCUT2D eigenvalue weighted by Crippen LogP contribution is -2.05. The van der Waals surface area contributed by atoms with Crippen molar-refractivity contribution < 1.29 is 23.1 Å². The molecular weight excluding hydrogens is 221 g/mol. The Bertz CT molecular complexity index is 416. The number of aliphatic carboxylic acids is 1. The topological polar surface area (TPSA) is 37.3 Å². The van der Waals surface area contributed by atoms with E-state index in [0.717, 1.165) is 24.3 Å². The molecule has 0 aliphatic carbocycles. The molecule has 0 aliphatic heterocycles. The molecule has 2 nitrogen and oxygen atoms in total. The third kappa shape index (κ3) is 2.62. The van der Waals surface area contributed by atoms with Crippen LogP contribution in [0.2, 0.25) is 0 Å². The first-order chi connectivity index (χ1) is 7.36. The van der Waals surface area contributed by atoms with Crippen molar-refractivity contribution in [2.24, 2.45) is 0 Å². The van der Waals surface area contributed by atoms with Gasteiger partial charge in [-0.25, -0.2) is 4.79 Å². The van der Waals surface area contributed by atoms with Crippen molar-refractivity contribution in [3.05, 3.63) is 41.5 Å². The van der Waals surface area contributed by atoms with Crippen LogP contribution in [0.1, 0.15) is 18.1 Å². The summed E-state index contributed by atoms with van der Waals surface area (Å²) in [6.45, 7) is 1.52. The predicted molar refractivity (Wildman–Crippen MR) is 52.7 cm³/mol. The fraction of sp³-hybridized carbons (Fsp3) is 0.182. The summed E-state index contributed by atoms with van der Waals surface area (Å²) >= 11 is 0. The van der Waals surface area contributed by atoms with Crippen LogP contribution in [0.4, 0.5) is 13.2 Å². The van der Waals surface area contributed by atoms with E-state index in [4.69, 9.17) is 5.11 Å². The van der Waals surface area contributed by atoms with Crippen molar-refractivity contribution >= 4 is 11.5 Å². The number of allylic oxidation sites excluding steroid dienone is 1. The Hall–Kier alpha value is -1.78. The highest BCUT2D eigenvalue weighted by Crippen LogP contribution is 2.30. The van der Waals surface area contributed by atoms with E-state index in [1.54, 1.807) is 0 Å². The van der Waals surface area contributed by atoms with Crippen LogP contribution in [0.15, 0.2) is 30.3 Å². The summed E-state index contributed by atoms with van der Waals surface area (Å²) < 4.78 is 36.7. The number of rotatable bonds is 2. The molecule has 1 rings (SSSR count). The smallest absolute Gasteiger partial charge is 0.416 e. The van der Waals surface area contributed by atoms with Crippen LogP contribution < -0.4 is 0 Å². The first-order valence-electron chi connectivity index (χ1n) is 4.43. The Kier molecular flexibility index (Phi) is 3.37. The lowest BCUT2D eigenvalue weighted by molar-refractivity contribution is -0.137. The second-order valence-electron chi connectivity index (χ2n) is 3.08. The van der Waals surface area contributed by atoms with Gasteiger partial charge in [0.25, 0.3) is 0 Å². The molecule has 0 atom stereocenters. The number of benzene rings is 1. The molecule has 1 aromatic rings. The van der Waals surface area contributed by atoms with Crippen LogP contribution in [-0.4, -0.2) is 11.1 Å². The molecule has 1 N–H and O–H groups in total. The van der Waals surface area contributed by atoms with E-state index in [1.807, 2.05) is 0 Å². The molecule has 0 aliphatic rings. The second kappa shape index (κ2) is 4.38. The summed E-state index contributed by atoms with van der Waals surface area (Å²) in [5.74, 6) is -1.16. The zero-order chi connectivity index (χ0) is 12.3. The number of halogens is 3. The van der Waals surface area contributed by atoms with Crippen molar-refractivity contribution in [1.29, 1.82) is 0 Å². The van der Waals surface area contributed by atoms with Gasteiger partial charge in [-0.1, -0.05) is 18.2 Å². The van der Waals surface area contributed by atoms with Gasteiger partial charge in [0.05, 0.1) is 11.1 Å². The fourth-order valence-electron chi connectivity index (χ4n) is 1.25. The van der Waals surface area contributed by atoms with Crippen LogP contribution in [0.25, 0.3) is 5.57 Å². The van der Waals surface area contributed by atoms with E-state index >= 15 is 0 Å². The number of carbonyl (C=O) groups is 1. The quantitative estimate of drug-likeness (QED) is 0.792. The van der Waals surface area contributed by atoms with Crippen molar-refractivity contribution in [2.75, 3.05) is 0 Å². The number of hydrogen-bond donors (Lipinski definition) is 1. The van der Waals surface area contributed by atoms with Gasteiger partial charge < -0.3 is 5.11 Å². The van der Waals surface area contributed by atoms with Gasteiger partial charge in [0.15, 0.2) is 0 Å². The minimum absolute atomic E-state index is 0.0197. The molecule has 1 aromatic carbocycles. The molecular formula is C11H9F3O2. The summed E-state index contributed by atoms with van der Waals surface area (Å²) in [5, 5.41) is 8.77. The van der Waals surface area contributed by atoms with Crippen LogP contribution in [0.5, 0.6) is 0 Å². The van der Waals surface area contributed by atoms with Crippen molar-refractivity contribution in [1.82, 2.24) is 0 Å². The predicted octanol–water partition coefficient (Wildman–Crippen LogP) is 3.19. The second-order valence-corrected chi connectivity index (χ2v) is 3.08. The van der Waals surface area contributed by atoms with Crippen LogP contribution >= 0.6 is 0 Å². The van der Waals surface area contributed by atoms with E-state index in [2.05, 4.69) is 0 Å². The molecule has 5 heteroatoms. The average Bonchev–Trinajstić information content (AvgIpc) is 2.17. The fourth-order valence-corrected chi connectivity index (χ4v) is 1.25. The van der Waals surface area contributed by atoms with Crippen LogP contribution in [0, 0.1) is 0 Å². The average molecular weight is 230 g/mol. The van der Waals surface area contributed by atoms with E-state index in [0.29, 0.717) is 0 Å². The van der Waals surface area contributed by atoms with Gasteiger partial charge in [0.1, 0.15) is 0 Å². The molecule has 0 spiro atoms. The van der Waals surface area contributed by atoms with Gasteiger partial charge in [-0.05, 0) is 24.6 Å². The van der Waals surface area contributed by atoms with Gasteiger partial charge in [0, 0.05) is 0 Å². The minimum atomic E-state index is -4.40. The maximum atomic E-state index is 12.2. The Morgan fingerprint density at radius 3 is 2.06 bits per heavy atom. The number of alkyl halides is 3. The van der Waals surface area contributed by atoms with Crippen molar-refractivity contribution in [3.8, 4) is 0 Å². The number of carboxylic acid groups (broad SMARTS) is 1. The van der Waals surface area contributed by atoms with E-state index < -0.39 is 17.7 Å². The summed E-state index contributed by atoms with van der Waals surface area (Å²) in [5.41, 5.74) is -0.561. The zero-order valence-corrected chi connectivity index (χ0v) is 8.38. The molecule has 0 aromatic heterocycles. The molecule has 0 saturated carbocycles. The summed E-state index contributed by atoms with van der Waals surface area (Å²) in [4.78, 5) is 10.7. The van der Waals surface area contributed by atoms with Crippen LogP contribution in [0.3, 0.4) is 0 Å². The lowest BCUT2D eigenvalue weighted by atomic mass is 10.0. The molecule has 0 radical (unpaired) electrons. The van der Waals surface area contributed by atoms with Crippen LogP contribution in [-0.2, 0) is 11.0 Å². The number of carboxylic acids is 1. The van der Waals surface area contributed by atoms with Gasteiger partial charge in [0.2, 0.25) is 0 Å². The summed E-state index contributed by atoms with van der Waals surface area (Å²) in [6, 6.07) is 4.02. The third-order valence-electron chi connectivity index (χ3n) is 2.04. The highest BCUT2D eigenvalue weighted by atomic mass is 19.4. The molecule has 86 valence electrons. The van der Waals surface area contributed by atoms with E-state index in [-0.39, 0.29) is 11.1 Å². The monoisotopic (exact) mass is 230 g/mol. The Morgan fingerprint density at radius 1 is 1.25 bits per heavy atom. The Labute approximate surface area is 90.0 Å². The molecule has 0 heterocycles. The first kappa shape index (κ1) is 12.3. The summed E-state index contributed by atoms with van der Waals surface area (Å²) in [6.07, 6.45) is -3.07. The van der Waals surface area contributed by atoms with Gasteiger partial charge >= 0.3 is 12.1 Å². The zero-order valence-electron chi connectivity index (χ0n) is 8.38. The van der Waals surface area contributed by atoms with E-state index in [1.165, 1.54) is 13.0 Å². The molecule has 0 fully saturated rings. The molecule has 0 unspecified atom stereocenters. The molecule has 16 heavy (non-hydrogen) atoms. The standard InChI is InChI=1S/C11H9F3O2/c1-2-9(10(15)16)7-3-5-8(6-4-7)11(12,13)14/h2-6H,1H3,(H,15,16). The van der Waals surface area contributed by atoms with E-state index in [9.17, 15) is 18.0 Å². The van der Waals surface area contributed by atoms with Gasteiger partial charge in [-0.2, -0.15) is 13.2 Å².